The summed E-state index contributed by atoms with van der Waals surface area (Å²) in [7, 11) is 0. The van der Waals surface area contributed by atoms with Crippen LogP contribution in [0, 0.1) is 0 Å². The molecule has 3 nitrogen and oxygen atoms in total. The SMILES string of the molecule is CC1(C)c2ccccc2-c2cccc(N(c3ccc(-c4ccccc4)cc3)c3ccc(-c4ccccc4-c4cccc5c4oc4ccccc45)c4oc5ccccc5c34)c21. The van der Waals surface area contributed by atoms with E-state index in [0.717, 1.165) is 83.2 Å². The molecule has 0 unspecified atom stereocenters. The zero-order valence-electron chi connectivity index (χ0n) is 33.3. The first-order valence-electron chi connectivity index (χ1n) is 20.7. The quantitative estimate of drug-likeness (QED) is 0.169. The molecule has 0 radical (unpaired) electrons. The number of nitrogens with zero attached hydrogens (tertiary/aromatic N) is 1. The molecule has 0 amide bonds. The van der Waals surface area contributed by atoms with Crippen LogP contribution >= 0.6 is 0 Å². The second-order valence-corrected chi connectivity index (χ2v) is 16.4. The number of anilines is 3. The predicted molar refractivity (Wildman–Crippen MR) is 250 cm³/mol. The monoisotopic (exact) mass is 769 g/mol. The normalized spacial score (nSPS) is 13.0. The van der Waals surface area contributed by atoms with E-state index in [1.165, 1.54) is 33.4 Å². The molecule has 12 rings (SSSR count). The van der Waals surface area contributed by atoms with E-state index in [-0.39, 0.29) is 5.41 Å². The number of furan rings is 2. The van der Waals surface area contributed by atoms with Gasteiger partial charge in [-0.25, -0.2) is 0 Å². The van der Waals surface area contributed by atoms with Crippen molar-refractivity contribution in [3.8, 4) is 44.5 Å². The van der Waals surface area contributed by atoms with E-state index in [4.69, 9.17) is 8.83 Å². The van der Waals surface area contributed by atoms with Gasteiger partial charge in [0.05, 0.1) is 16.8 Å². The van der Waals surface area contributed by atoms with E-state index in [1.54, 1.807) is 0 Å². The maximum Gasteiger partial charge on any atom is 0.145 e. The molecule has 1 aliphatic rings. The van der Waals surface area contributed by atoms with E-state index in [9.17, 15) is 0 Å². The standard InChI is InChI=1S/C57H39NO2/c1-57(2)48-26-11-8-20-41(48)43-23-15-27-50(54(43)57)58(38-32-30-37(31-33-38)36-16-4-3-5-17-36)49-35-34-46(56-53(49)47-22-10-13-29-52(47)60-56)40-19-7-6-18-39(40)44-24-14-25-45-42-21-9-12-28-51(42)59-55(44)45/h3-35H,1-2H3. The zero-order valence-corrected chi connectivity index (χ0v) is 33.3. The Kier molecular flexibility index (Phi) is 7.58. The number of hydrogen-bond acceptors (Lipinski definition) is 3. The number of hydrogen-bond donors (Lipinski definition) is 0. The number of benzene rings is 9. The smallest absolute Gasteiger partial charge is 0.145 e. The fourth-order valence-corrected chi connectivity index (χ4v) is 9.97. The lowest BCUT2D eigenvalue weighted by atomic mass is 9.81. The first-order valence-corrected chi connectivity index (χ1v) is 20.7. The molecule has 11 aromatic rings. The minimum Gasteiger partial charge on any atom is -0.455 e. The van der Waals surface area contributed by atoms with Gasteiger partial charge in [0.15, 0.2) is 0 Å². The van der Waals surface area contributed by atoms with Crippen molar-refractivity contribution in [3.05, 3.63) is 211 Å². The molecule has 60 heavy (non-hydrogen) atoms. The average Bonchev–Trinajstić information content (AvgIpc) is 3.96. The molecule has 0 bridgehead atoms. The summed E-state index contributed by atoms with van der Waals surface area (Å²) in [5.74, 6) is 0. The summed E-state index contributed by atoms with van der Waals surface area (Å²) in [4.78, 5) is 2.47. The van der Waals surface area contributed by atoms with Crippen LogP contribution < -0.4 is 4.90 Å². The van der Waals surface area contributed by atoms with Crippen molar-refractivity contribution < 1.29 is 8.83 Å². The summed E-state index contributed by atoms with van der Waals surface area (Å²) >= 11 is 0. The van der Waals surface area contributed by atoms with Crippen LogP contribution in [0.2, 0.25) is 0 Å². The third-order valence-electron chi connectivity index (χ3n) is 12.7. The van der Waals surface area contributed by atoms with Gasteiger partial charge < -0.3 is 13.7 Å². The summed E-state index contributed by atoms with van der Waals surface area (Å²) in [6.07, 6.45) is 0. The van der Waals surface area contributed by atoms with Crippen molar-refractivity contribution in [2.45, 2.75) is 19.3 Å². The van der Waals surface area contributed by atoms with Crippen LogP contribution in [0.3, 0.4) is 0 Å². The number of rotatable bonds is 6. The maximum absolute atomic E-state index is 7.04. The first-order chi connectivity index (χ1) is 29.5. The molecular weight excluding hydrogens is 731 g/mol. The molecule has 2 heterocycles. The molecule has 0 fully saturated rings. The van der Waals surface area contributed by atoms with Gasteiger partial charge in [-0.15, -0.1) is 0 Å². The summed E-state index contributed by atoms with van der Waals surface area (Å²) in [6.45, 7) is 4.73. The van der Waals surface area contributed by atoms with Crippen molar-refractivity contribution in [1.29, 1.82) is 0 Å². The Morgan fingerprint density at radius 2 is 0.917 bits per heavy atom. The molecular formula is C57H39NO2. The highest BCUT2D eigenvalue weighted by molar-refractivity contribution is 6.19. The molecule has 0 aliphatic heterocycles. The van der Waals surface area contributed by atoms with Gasteiger partial charge in [0, 0.05) is 38.4 Å². The van der Waals surface area contributed by atoms with E-state index in [2.05, 4.69) is 207 Å². The zero-order chi connectivity index (χ0) is 40.0. The molecule has 9 aromatic carbocycles. The lowest BCUT2D eigenvalue weighted by Gasteiger charge is -2.32. The van der Waals surface area contributed by atoms with Crippen molar-refractivity contribution in [3.63, 3.8) is 0 Å². The van der Waals surface area contributed by atoms with E-state index < -0.39 is 0 Å². The van der Waals surface area contributed by atoms with Gasteiger partial charge in [-0.2, -0.15) is 0 Å². The van der Waals surface area contributed by atoms with Crippen LogP contribution in [0.25, 0.3) is 88.4 Å². The van der Waals surface area contributed by atoms with Crippen LogP contribution in [0.15, 0.2) is 209 Å². The Balaban J connectivity index is 1.12. The Hall–Kier alpha value is -7.62. The summed E-state index contributed by atoms with van der Waals surface area (Å²) in [5, 5.41) is 4.36. The lowest BCUT2D eigenvalue weighted by Crippen LogP contribution is -2.20. The summed E-state index contributed by atoms with van der Waals surface area (Å²) < 4.78 is 13.6. The molecule has 1 aliphatic carbocycles. The number of fused-ring (bicyclic) bond motifs is 9. The number of para-hydroxylation sites is 3. The third kappa shape index (κ3) is 5.09. The molecule has 3 heteroatoms. The molecule has 0 spiro atoms. The highest BCUT2D eigenvalue weighted by atomic mass is 16.3. The Bertz CT molecular complexity index is 3460. The van der Waals surface area contributed by atoms with Gasteiger partial charge in [-0.05, 0) is 87.0 Å². The Labute approximate surface area is 348 Å². The molecule has 0 saturated carbocycles. The first kappa shape index (κ1) is 34.4. The van der Waals surface area contributed by atoms with Gasteiger partial charge in [0.1, 0.15) is 22.3 Å². The summed E-state index contributed by atoms with van der Waals surface area (Å²) in [5.41, 5.74) is 18.4. The average molecular weight is 770 g/mol. The summed E-state index contributed by atoms with van der Waals surface area (Å²) in [6, 6.07) is 71.7. The van der Waals surface area contributed by atoms with Crippen molar-refractivity contribution in [2.24, 2.45) is 0 Å². The third-order valence-corrected chi connectivity index (χ3v) is 12.7. The van der Waals surface area contributed by atoms with E-state index in [1.807, 2.05) is 12.1 Å². The van der Waals surface area contributed by atoms with Crippen LogP contribution in [-0.4, -0.2) is 0 Å². The topological polar surface area (TPSA) is 29.5 Å². The van der Waals surface area contributed by atoms with Gasteiger partial charge in [0.2, 0.25) is 0 Å². The predicted octanol–water partition coefficient (Wildman–Crippen LogP) is 16.3. The van der Waals surface area contributed by atoms with E-state index in [0.29, 0.717) is 0 Å². The highest BCUT2D eigenvalue weighted by Gasteiger charge is 2.39. The van der Waals surface area contributed by atoms with Gasteiger partial charge in [-0.3, -0.25) is 0 Å². The Morgan fingerprint density at radius 3 is 1.70 bits per heavy atom. The minimum atomic E-state index is -0.237. The minimum absolute atomic E-state index is 0.237. The lowest BCUT2D eigenvalue weighted by molar-refractivity contribution is 0.661. The van der Waals surface area contributed by atoms with Crippen molar-refractivity contribution >= 4 is 60.9 Å². The molecule has 284 valence electrons. The second-order valence-electron chi connectivity index (χ2n) is 16.4. The molecule has 0 atom stereocenters. The van der Waals surface area contributed by atoms with Crippen LogP contribution in [0.5, 0.6) is 0 Å². The van der Waals surface area contributed by atoms with Crippen molar-refractivity contribution in [2.75, 3.05) is 4.90 Å². The molecule has 0 saturated heterocycles. The maximum atomic E-state index is 7.04. The molecule has 0 N–H and O–H groups in total. The van der Waals surface area contributed by atoms with Crippen molar-refractivity contribution in [1.82, 2.24) is 0 Å². The van der Waals surface area contributed by atoms with E-state index >= 15 is 0 Å². The molecule has 2 aromatic heterocycles. The van der Waals surface area contributed by atoms with Gasteiger partial charge in [0.25, 0.3) is 0 Å². The van der Waals surface area contributed by atoms with Crippen LogP contribution in [0.4, 0.5) is 17.1 Å². The largest absolute Gasteiger partial charge is 0.455 e. The van der Waals surface area contributed by atoms with Crippen LogP contribution in [0.1, 0.15) is 25.0 Å². The van der Waals surface area contributed by atoms with Gasteiger partial charge >= 0.3 is 0 Å². The Morgan fingerprint density at radius 1 is 0.367 bits per heavy atom. The fourth-order valence-electron chi connectivity index (χ4n) is 9.97. The van der Waals surface area contributed by atoms with Crippen LogP contribution in [-0.2, 0) is 5.41 Å². The highest BCUT2D eigenvalue weighted by Crippen LogP contribution is 2.56. The fraction of sp³-hybridized carbons (Fsp3) is 0.0526. The van der Waals surface area contributed by atoms with Gasteiger partial charge in [-0.1, -0.05) is 172 Å². The second kappa shape index (κ2) is 13.2.